The molecule has 3 rings (SSSR count). The van der Waals surface area contributed by atoms with E-state index in [4.69, 9.17) is 5.73 Å². The van der Waals surface area contributed by atoms with Gasteiger partial charge < -0.3 is 16.0 Å². The summed E-state index contributed by atoms with van der Waals surface area (Å²) in [6.07, 6.45) is 1.12. The minimum Gasteiger partial charge on any atom is -0.333 e. The Morgan fingerprint density at radius 1 is 1.12 bits per heavy atom. The highest BCUT2D eigenvalue weighted by Crippen LogP contribution is 2.24. The van der Waals surface area contributed by atoms with E-state index in [1.165, 1.54) is 0 Å². The molecular formula is C19H22ClN3O2. The summed E-state index contributed by atoms with van der Waals surface area (Å²) in [5.74, 6) is -0.0144. The molecule has 5 nitrogen and oxygen atoms in total. The molecule has 0 bridgehead atoms. The Labute approximate surface area is 153 Å². The van der Waals surface area contributed by atoms with Crippen LogP contribution in [0.4, 0.5) is 5.69 Å². The first-order valence-corrected chi connectivity index (χ1v) is 8.13. The number of nitrogens with one attached hydrogen (secondary N) is 1. The maximum Gasteiger partial charge on any atom is 0.254 e. The van der Waals surface area contributed by atoms with Gasteiger partial charge in [0.2, 0.25) is 5.91 Å². The summed E-state index contributed by atoms with van der Waals surface area (Å²) in [7, 11) is 0. The summed E-state index contributed by atoms with van der Waals surface area (Å²) in [5.41, 5.74) is 9.20. The minimum atomic E-state index is -0.0380. The molecular weight excluding hydrogens is 338 g/mol. The fraction of sp³-hybridized carbons (Fsp3) is 0.263. The number of nitrogens with zero attached hydrogens (tertiary/aromatic N) is 1. The van der Waals surface area contributed by atoms with Crippen molar-refractivity contribution in [1.82, 2.24) is 4.90 Å². The quantitative estimate of drug-likeness (QED) is 0.861. The molecule has 0 saturated carbocycles. The molecule has 1 aliphatic rings. The number of hydrogen-bond acceptors (Lipinski definition) is 3. The first-order chi connectivity index (χ1) is 11.7. The van der Waals surface area contributed by atoms with Gasteiger partial charge in [0.15, 0.2) is 0 Å². The van der Waals surface area contributed by atoms with Crippen LogP contribution in [0.1, 0.15) is 27.9 Å². The van der Waals surface area contributed by atoms with E-state index in [1.54, 1.807) is 11.0 Å². The van der Waals surface area contributed by atoms with Gasteiger partial charge >= 0.3 is 0 Å². The van der Waals surface area contributed by atoms with Crippen LogP contribution in [-0.2, 0) is 17.8 Å². The molecule has 2 aromatic rings. The number of carbonyl (C=O) groups excluding carboxylic acids is 2. The lowest BCUT2D eigenvalue weighted by atomic mass is 10.00. The van der Waals surface area contributed by atoms with Gasteiger partial charge in [-0.25, -0.2) is 0 Å². The Morgan fingerprint density at radius 2 is 1.88 bits per heavy atom. The number of hydrogen-bond donors (Lipinski definition) is 2. The molecule has 1 heterocycles. The summed E-state index contributed by atoms with van der Waals surface area (Å²) in [6, 6.07) is 15.3. The number of halogens is 1. The monoisotopic (exact) mass is 359 g/mol. The number of rotatable bonds is 5. The number of anilines is 1. The summed E-state index contributed by atoms with van der Waals surface area (Å²) in [6.45, 7) is 1.45. The second-order valence-electron chi connectivity index (χ2n) is 5.92. The number of amides is 2. The average Bonchev–Trinajstić information content (AvgIpc) is 2.61. The van der Waals surface area contributed by atoms with Gasteiger partial charge in [-0.2, -0.15) is 0 Å². The predicted molar refractivity (Wildman–Crippen MR) is 101 cm³/mol. The Bertz CT molecular complexity index is 750. The van der Waals surface area contributed by atoms with Gasteiger partial charge in [-0.15, -0.1) is 12.4 Å². The summed E-state index contributed by atoms with van der Waals surface area (Å²) < 4.78 is 0. The van der Waals surface area contributed by atoms with E-state index in [0.717, 1.165) is 16.8 Å². The van der Waals surface area contributed by atoms with Crippen LogP contribution in [0.5, 0.6) is 0 Å². The molecule has 0 aliphatic carbocycles. The van der Waals surface area contributed by atoms with Crippen molar-refractivity contribution in [2.24, 2.45) is 5.73 Å². The Hall–Kier alpha value is -2.37. The maximum atomic E-state index is 12.9. The first kappa shape index (κ1) is 19.0. The van der Waals surface area contributed by atoms with Gasteiger partial charge in [-0.05, 0) is 35.7 Å². The molecule has 2 amide bonds. The highest BCUT2D eigenvalue weighted by molar-refractivity contribution is 5.98. The Morgan fingerprint density at radius 3 is 2.60 bits per heavy atom. The molecule has 132 valence electrons. The molecule has 0 aromatic heterocycles. The zero-order chi connectivity index (χ0) is 16.9. The topological polar surface area (TPSA) is 75.4 Å². The van der Waals surface area contributed by atoms with Crippen LogP contribution in [0.25, 0.3) is 0 Å². The first-order valence-electron chi connectivity index (χ1n) is 8.13. The third kappa shape index (κ3) is 4.59. The van der Waals surface area contributed by atoms with Crippen molar-refractivity contribution in [2.75, 3.05) is 18.4 Å². The van der Waals surface area contributed by atoms with E-state index < -0.39 is 0 Å². The number of benzene rings is 2. The lowest BCUT2D eigenvalue weighted by Gasteiger charge is -2.23. The van der Waals surface area contributed by atoms with Crippen LogP contribution in [0.15, 0.2) is 48.5 Å². The molecule has 3 N–H and O–H groups in total. The standard InChI is InChI=1S/C19H21N3O2.ClH/c20-10-11-22(13-14-4-2-1-3-5-14)19(24)16-6-8-17-15(12-16)7-9-18(23)21-17;/h1-6,8,12H,7,9-11,13,20H2,(H,21,23);1H. The van der Waals surface area contributed by atoms with Gasteiger partial charge in [0.25, 0.3) is 5.91 Å². The molecule has 6 heteroatoms. The second kappa shape index (κ2) is 8.65. The number of fused-ring (bicyclic) bond motifs is 1. The maximum absolute atomic E-state index is 12.9. The summed E-state index contributed by atoms with van der Waals surface area (Å²) in [5, 5.41) is 2.84. The van der Waals surface area contributed by atoms with Crippen LogP contribution in [0.2, 0.25) is 0 Å². The molecule has 2 aromatic carbocycles. The molecule has 0 radical (unpaired) electrons. The summed E-state index contributed by atoms with van der Waals surface area (Å²) in [4.78, 5) is 26.1. The molecule has 0 saturated heterocycles. The van der Waals surface area contributed by atoms with Crippen molar-refractivity contribution in [2.45, 2.75) is 19.4 Å². The molecule has 25 heavy (non-hydrogen) atoms. The van der Waals surface area contributed by atoms with Gasteiger partial charge in [0, 0.05) is 37.3 Å². The highest BCUT2D eigenvalue weighted by Gasteiger charge is 2.20. The second-order valence-corrected chi connectivity index (χ2v) is 5.92. The fourth-order valence-corrected chi connectivity index (χ4v) is 2.91. The zero-order valence-corrected chi connectivity index (χ0v) is 14.7. The van der Waals surface area contributed by atoms with Gasteiger partial charge in [-0.3, -0.25) is 9.59 Å². The van der Waals surface area contributed by atoms with Crippen molar-refractivity contribution >= 4 is 29.9 Å². The third-order valence-corrected chi connectivity index (χ3v) is 4.15. The lowest BCUT2D eigenvalue weighted by Crippen LogP contribution is -2.35. The van der Waals surface area contributed by atoms with E-state index in [0.29, 0.717) is 38.0 Å². The number of nitrogens with two attached hydrogens (primary N) is 1. The molecule has 0 unspecified atom stereocenters. The number of carbonyl (C=O) groups is 2. The average molecular weight is 360 g/mol. The lowest BCUT2D eigenvalue weighted by molar-refractivity contribution is -0.116. The van der Waals surface area contributed by atoms with Crippen molar-refractivity contribution in [3.8, 4) is 0 Å². The zero-order valence-electron chi connectivity index (χ0n) is 13.9. The van der Waals surface area contributed by atoms with E-state index in [9.17, 15) is 9.59 Å². The van der Waals surface area contributed by atoms with Crippen LogP contribution >= 0.6 is 12.4 Å². The minimum absolute atomic E-state index is 0. The van der Waals surface area contributed by atoms with Crippen LogP contribution in [-0.4, -0.2) is 29.8 Å². The largest absolute Gasteiger partial charge is 0.333 e. The van der Waals surface area contributed by atoms with Crippen molar-refractivity contribution in [3.05, 3.63) is 65.2 Å². The molecule has 0 atom stereocenters. The number of aryl methyl sites for hydroxylation is 1. The predicted octanol–water partition coefficient (Wildman–Crippen LogP) is 2.59. The molecule has 0 spiro atoms. The highest BCUT2D eigenvalue weighted by atomic mass is 35.5. The molecule has 1 aliphatic heterocycles. The van der Waals surface area contributed by atoms with E-state index in [-0.39, 0.29) is 24.2 Å². The van der Waals surface area contributed by atoms with Crippen LogP contribution in [0.3, 0.4) is 0 Å². The normalized spacial score (nSPS) is 12.6. The Balaban J connectivity index is 0.00000225. The van der Waals surface area contributed by atoms with Gasteiger partial charge in [0.1, 0.15) is 0 Å². The molecule has 0 fully saturated rings. The summed E-state index contributed by atoms with van der Waals surface area (Å²) >= 11 is 0. The van der Waals surface area contributed by atoms with E-state index in [2.05, 4.69) is 5.32 Å². The van der Waals surface area contributed by atoms with Gasteiger partial charge in [-0.1, -0.05) is 30.3 Å². The SMILES string of the molecule is Cl.NCCN(Cc1ccccc1)C(=O)c1ccc2c(c1)CCC(=O)N2. The Kier molecular flexibility index (Phi) is 6.56. The van der Waals surface area contributed by atoms with Crippen LogP contribution in [0, 0.1) is 0 Å². The van der Waals surface area contributed by atoms with Crippen LogP contribution < -0.4 is 11.1 Å². The fourth-order valence-electron chi connectivity index (χ4n) is 2.91. The third-order valence-electron chi connectivity index (χ3n) is 4.15. The van der Waals surface area contributed by atoms with Gasteiger partial charge in [0.05, 0.1) is 0 Å². The van der Waals surface area contributed by atoms with Crippen molar-refractivity contribution < 1.29 is 9.59 Å². The smallest absolute Gasteiger partial charge is 0.254 e. The van der Waals surface area contributed by atoms with E-state index >= 15 is 0 Å². The van der Waals surface area contributed by atoms with E-state index in [1.807, 2.05) is 42.5 Å². The van der Waals surface area contributed by atoms with Crippen molar-refractivity contribution in [3.63, 3.8) is 0 Å². The van der Waals surface area contributed by atoms with Crippen molar-refractivity contribution in [1.29, 1.82) is 0 Å².